The minimum Gasteiger partial charge on any atom is -0.497 e. The van der Waals surface area contributed by atoms with E-state index in [4.69, 9.17) is 13.9 Å². The first-order chi connectivity index (χ1) is 12.7. The average Bonchev–Trinajstić information content (AvgIpc) is 2.60. The Bertz CT molecular complexity index is 1070. The molecule has 0 aliphatic heterocycles. The van der Waals surface area contributed by atoms with E-state index in [1.807, 2.05) is 0 Å². The van der Waals surface area contributed by atoms with Crippen molar-refractivity contribution in [3.05, 3.63) is 58.4 Å². The molecule has 5 nitrogen and oxygen atoms in total. The van der Waals surface area contributed by atoms with E-state index in [0.717, 1.165) is 13.0 Å². The third-order valence-corrected chi connectivity index (χ3v) is 3.76. The Morgan fingerprint density at radius 3 is 2.22 bits per heavy atom. The molecule has 3 aromatic rings. The smallest absolute Gasteiger partial charge is 0.450 e. The average molecular weight is 378 g/mol. The van der Waals surface area contributed by atoms with Crippen LogP contribution in [0.5, 0.6) is 11.5 Å². The second-order valence-corrected chi connectivity index (χ2v) is 5.61. The van der Waals surface area contributed by atoms with Crippen LogP contribution in [0.25, 0.3) is 22.1 Å². The molecule has 0 fully saturated rings. The van der Waals surface area contributed by atoms with Crippen molar-refractivity contribution in [3.8, 4) is 22.6 Å². The third-order valence-electron chi connectivity index (χ3n) is 3.76. The number of methoxy groups -OCH3 is 1. The fourth-order valence-electron chi connectivity index (χ4n) is 2.62. The van der Waals surface area contributed by atoms with Crippen molar-refractivity contribution in [1.82, 2.24) is 0 Å². The van der Waals surface area contributed by atoms with Crippen LogP contribution in [-0.2, 0) is 11.0 Å². The zero-order chi connectivity index (χ0) is 19.8. The molecule has 0 aliphatic carbocycles. The molecule has 2 aromatic carbocycles. The molecule has 27 heavy (non-hydrogen) atoms. The molecule has 8 heteroatoms. The molecule has 0 saturated heterocycles. The summed E-state index contributed by atoms with van der Waals surface area (Å²) in [7, 11) is 1.42. The number of halogens is 3. The maximum atomic E-state index is 13.6. The molecule has 0 aliphatic rings. The van der Waals surface area contributed by atoms with Gasteiger partial charge in [0.25, 0.3) is 0 Å². The van der Waals surface area contributed by atoms with Crippen molar-refractivity contribution in [1.29, 1.82) is 0 Å². The Kier molecular flexibility index (Phi) is 4.65. The summed E-state index contributed by atoms with van der Waals surface area (Å²) in [6.07, 6.45) is -4.90. The number of carbonyl (C=O) groups is 1. The predicted octanol–water partition coefficient (Wildman–Crippen LogP) is 4.41. The number of carbonyl (C=O) groups excluding carboxylic acids is 1. The maximum Gasteiger partial charge on any atom is 0.450 e. The van der Waals surface area contributed by atoms with Crippen LogP contribution < -0.4 is 14.9 Å². The third kappa shape index (κ3) is 3.64. The van der Waals surface area contributed by atoms with E-state index in [9.17, 15) is 22.8 Å². The topological polar surface area (TPSA) is 65.7 Å². The van der Waals surface area contributed by atoms with Crippen LogP contribution in [0.2, 0.25) is 0 Å². The number of hydrogen-bond donors (Lipinski definition) is 0. The van der Waals surface area contributed by atoms with E-state index >= 15 is 0 Å². The van der Waals surface area contributed by atoms with Gasteiger partial charge in [-0.2, -0.15) is 13.2 Å². The number of hydrogen-bond acceptors (Lipinski definition) is 5. The van der Waals surface area contributed by atoms with Crippen LogP contribution in [0.3, 0.4) is 0 Å². The lowest BCUT2D eigenvalue weighted by atomic mass is 10.0. The molecule has 140 valence electrons. The van der Waals surface area contributed by atoms with Gasteiger partial charge in [-0.1, -0.05) is 12.1 Å². The first-order valence-electron chi connectivity index (χ1n) is 7.71. The van der Waals surface area contributed by atoms with Gasteiger partial charge in [-0.3, -0.25) is 9.59 Å². The molecule has 0 unspecified atom stereocenters. The zero-order valence-electron chi connectivity index (χ0n) is 14.2. The predicted molar refractivity (Wildman–Crippen MR) is 90.8 cm³/mol. The summed E-state index contributed by atoms with van der Waals surface area (Å²) in [5, 5.41) is -0.0651. The van der Waals surface area contributed by atoms with Gasteiger partial charge in [-0.05, 0) is 29.8 Å². The van der Waals surface area contributed by atoms with E-state index < -0.39 is 28.9 Å². The summed E-state index contributed by atoms with van der Waals surface area (Å²) < 4.78 is 55.5. The minimum atomic E-state index is -4.90. The summed E-state index contributed by atoms with van der Waals surface area (Å²) >= 11 is 0. The van der Waals surface area contributed by atoms with Gasteiger partial charge in [0.1, 0.15) is 17.1 Å². The molecule has 0 saturated carbocycles. The van der Waals surface area contributed by atoms with Gasteiger partial charge in [-0.25, -0.2) is 0 Å². The highest BCUT2D eigenvalue weighted by Gasteiger charge is 2.39. The maximum absolute atomic E-state index is 13.6. The van der Waals surface area contributed by atoms with Gasteiger partial charge in [0.05, 0.1) is 18.1 Å². The Balaban J connectivity index is 2.29. The number of alkyl halides is 3. The van der Waals surface area contributed by atoms with Crippen LogP contribution in [0.4, 0.5) is 13.2 Å². The van der Waals surface area contributed by atoms with Gasteiger partial charge in [-0.15, -0.1) is 0 Å². The lowest BCUT2D eigenvalue weighted by molar-refractivity contribution is -0.152. The van der Waals surface area contributed by atoms with Crippen LogP contribution in [0, 0.1) is 0 Å². The van der Waals surface area contributed by atoms with Crippen LogP contribution in [-0.4, -0.2) is 13.1 Å². The number of esters is 1. The van der Waals surface area contributed by atoms with Crippen LogP contribution in [0.15, 0.2) is 51.7 Å². The Morgan fingerprint density at radius 1 is 1.04 bits per heavy atom. The summed E-state index contributed by atoms with van der Waals surface area (Å²) in [4.78, 5) is 23.8. The number of ether oxygens (including phenoxy) is 2. The molecule has 0 bridgehead atoms. The first kappa shape index (κ1) is 18.5. The van der Waals surface area contributed by atoms with Crippen LogP contribution >= 0.6 is 0 Å². The monoisotopic (exact) mass is 378 g/mol. The SMILES string of the molecule is COc1ccc(-c2c(C(F)(F)F)oc3cc(OC(C)=O)ccc3c2=O)cc1. The normalized spacial score (nSPS) is 11.4. The molecule has 3 rings (SSSR count). The Hall–Kier alpha value is -3.29. The van der Waals surface area contributed by atoms with Crippen LogP contribution in [0.1, 0.15) is 12.7 Å². The van der Waals surface area contributed by atoms with Gasteiger partial charge < -0.3 is 13.9 Å². The second kappa shape index (κ2) is 6.79. The molecular weight excluding hydrogens is 365 g/mol. The van der Waals surface area contributed by atoms with Gasteiger partial charge in [0.2, 0.25) is 11.2 Å². The van der Waals surface area contributed by atoms with E-state index in [1.165, 1.54) is 43.5 Å². The van der Waals surface area contributed by atoms with Crippen molar-refractivity contribution < 1.29 is 31.9 Å². The zero-order valence-corrected chi connectivity index (χ0v) is 14.2. The van der Waals surface area contributed by atoms with Gasteiger partial charge >= 0.3 is 12.1 Å². The fourth-order valence-corrected chi connectivity index (χ4v) is 2.62. The van der Waals surface area contributed by atoms with E-state index in [0.29, 0.717) is 5.75 Å². The summed E-state index contributed by atoms with van der Waals surface area (Å²) in [5.41, 5.74) is -1.73. The lowest BCUT2D eigenvalue weighted by Crippen LogP contribution is -2.16. The quantitative estimate of drug-likeness (QED) is 0.499. The standard InChI is InChI=1S/C19H13F3O5/c1-10(23)26-13-7-8-14-15(9-13)27-18(19(20,21)22)16(17(14)24)11-3-5-12(25-2)6-4-11/h3-9H,1-2H3. The molecule has 0 atom stereocenters. The van der Waals surface area contributed by atoms with Crippen molar-refractivity contribution in [3.63, 3.8) is 0 Å². The first-order valence-corrected chi connectivity index (χ1v) is 7.71. The number of rotatable bonds is 3. The summed E-state index contributed by atoms with van der Waals surface area (Å²) in [6, 6.07) is 9.23. The molecular formula is C19H13F3O5. The van der Waals surface area contributed by atoms with Crippen molar-refractivity contribution in [2.24, 2.45) is 0 Å². The van der Waals surface area contributed by atoms with Crippen molar-refractivity contribution in [2.75, 3.05) is 7.11 Å². The van der Waals surface area contributed by atoms with E-state index in [1.54, 1.807) is 0 Å². The molecule has 1 heterocycles. The van der Waals surface area contributed by atoms with E-state index in [2.05, 4.69) is 0 Å². The summed E-state index contributed by atoms with van der Waals surface area (Å²) in [6.45, 7) is 1.15. The summed E-state index contributed by atoms with van der Waals surface area (Å²) in [5.74, 6) is -1.67. The molecule has 1 aromatic heterocycles. The molecule has 0 amide bonds. The highest BCUT2D eigenvalue weighted by Crippen LogP contribution is 2.38. The van der Waals surface area contributed by atoms with Gasteiger partial charge in [0, 0.05) is 13.0 Å². The molecule has 0 radical (unpaired) electrons. The second-order valence-electron chi connectivity index (χ2n) is 5.61. The number of fused-ring (bicyclic) bond motifs is 1. The van der Waals surface area contributed by atoms with Crippen molar-refractivity contribution >= 4 is 16.9 Å². The largest absolute Gasteiger partial charge is 0.497 e. The Labute approximate surface area is 150 Å². The highest BCUT2D eigenvalue weighted by molar-refractivity contribution is 5.84. The van der Waals surface area contributed by atoms with Crippen molar-refractivity contribution in [2.45, 2.75) is 13.1 Å². The van der Waals surface area contributed by atoms with Gasteiger partial charge in [0.15, 0.2) is 0 Å². The highest BCUT2D eigenvalue weighted by atomic mass is 19.4. The van der Waals surface area contributed by atoms with E-state index in [-0.39, 0.29) is 22.3 Å². The molecule has 0 spiro atoms. The molecule has 0 N–H and O–H groups in total. The lowest BCUT2D eigenvalue weighted by Gasteiger charge is -2.13. The minimum absolute atomic E-state index is 0.0246. The fraction of sp³-hybridized carbons (Fsp3) is 0.158. The number of benzene rings is 2. The Morgan fingerprint density at radius 2 is 1.67 bits per heavy atom.